The summed E-state index contributed by atoms with van der Waals surface area (Å²) in [5, 5.41) is 51.1. The first-order chi connectivity index (χ1) is 22.2. The maximum Gasteiger partial charge on any atom is 0.339 e. The number of aliphatic hydroxyl groups excluding tert-OH is 5. The van der Waals surface area contributed by atoms with E-state index in [0.717, 1.165) is 0 Å². The molecule has 1 aliphatic carbocycles. The summed E-state index contributed by atoms with van der Waals surface area (Å²) in [6, 6.07) is 5.99. The van der Waals surface area contributed by atoms with Crippen LogP contribution < -0.4 is 5.32 Å². The maximum atomic E-state index is 13.6. The second-order valence-corrected chi connectivity index (χ2v) is 11.4. The number of nitrogens with one attached hydrogen (secondary N) is 1. The molecule has 15 heteroatoms. The lowest BCUT2D eigenvalue weighted by Crippen LogP contribution is -2.59. The van der Waals surface area contributed by atoms with E-state index in [1.165, 1.54) is 4.90 Å². The second-order valence-electron chi connectivity index (χ2n) is 11.4. The third kappa shape index (κ3) is 7.48. The Morgan fingerprint density at radius 1 is 1.07 bits per heavy atom. The Morgan fingerprint density at radius 2 is 1.87 bits per heavy atom. The molecule has 2 amide bonds. The van der Waals surface area contributed by atoms with Crippen LogP contribution in [0.2, 0.25) is 0 Å². The second kappa shape index (κ2) is 15.6. The van der Waals surface area contributed by atoms with Crippen molar-refractivity contribution in [2.75, 3.05) is 39.7 Å². The van der Waals surface area contributed by atoms with Crippen LogP contribution in [0.3, 0.4) is 0 Å². The molecule has 46 heavy (non-hydrogen) atoms. The van der Waals surface area contributed by atoms with Gasteiger partial charge in [-0.25, -0.2) is 4.79 Å². The molecule has 3 saturated heterocycles. The smallest absolute Gasteiger partial charge is 0.339 e. The summed E-state index contributed by atoms with van der Waals surface area (Å²) in [4.78, 5) is 41.2. The molecule has 6 N–H and O–H groups in total. The first kappa shape index (κ1) is 34.1. The third-order valence-corrected chi connectivity index (χ3v) is 8.44. The molecule has 0 aromatic heterocycles. The number of hydrogen-bond acceptors (Lipinski definition) is 13. The van der Waals surface area contributed by atoms with Gasteiger partial charge in [-0.15, -0.1) is 0 Å². The SMILES string of the molecule is O=C(O[C@@H]1CC(C(=O)N2CCC[C@@H]2C(=O)NCCO)=C[C@H]2OCO[C@H]21)c1ccccc1C=CCO[C@H]1O[C@H](CO)[C@H](O)[C@H](O)[C@H]1O. The number of esters is 1. The van der Waals surface area contributed by atoms with Gasteiger partial charge in [-0.05, 0) is 30.5 Å². The van der Waals surface area contributed by atoms with E-state index >= 15 is 0 Å². The zero-order valence-electron chi connectivity index (χ0n) is 25.1. The lowest BCUT2D eigenvalue weighted by atomic mass is 9.91. The minimum Gasteiger partial charge on any atom is -0.456 e. The van der Waals surface area contributed by atoms with Gasteiger partial charge in [0.05, 0.1) is 25.4 Å². The van der Waals surface area contributed by atoms with Crippen molar-refractivity contribution < 1.29 is 63.6 Å². The van der Waals surface area contributed by atoms with Crippen LogP contribution in [-0.4, -0.2) is 143 Å². The Bertz CT molecular complexity index is 1300. The van der Waals surface area contributed by atoms with Crippen LogP contribution >= 0.6 is 0 Å². The monoisotopic (exact) mass is 648 g/mol. The first-order valence-electron chi connectivity index (χ1n) is 15.3. The molecule has 3 aliphatic heterocycles. The van der Waals surface area contributed by atoms with Gasteiger partial charge in [0, 0.05) is 25.1 Å². The lowest BCUT2D eigenvalue weighted by molar-refractivity contribution is -0.298. The fourth-order valence-electron chi connectivity index (χ4n) is 6.04. The zero-order valence-corrected chi connectivity index (χ0v) is 25.1. The van der Waals surface area contributed by atoms with E-state index in [-0.39, 0.29) is 50.4 Å². The van der Waals surface area contributed by atoms with Gasteiger partial charge in [-0.1, -0.05) is 30.4 Å². The van der Waals surface area contributed by atoms with Crippen LogP contribution in [0.1, 0.15) is 35.2 Å². The predicted octanol–water partition coefficient (Wildman–Crippen LogP) is -1.79. The van der Waals surface area contributed by atoms with Crippen molar-refractivity contribution in [1.82, 2.24) is 10.2 Å². The largest absolute Gasteiger partial charge is 0.456 e. The van der Waals surface area contributed by atoms with Gasteiger partial charge >= 0.3 is 5.97 Å². The van der Waals surface area contributed by atoms with E-state index in [4.69, 9.17) is 28.8 Å². The van der Waals surface area contributed by atoms with Gasteiger partial charge in [0.1, 0.15) is 55.6 Å². The lowest BCUT2D eigenvalue weighted by Gasteiger charge is -2.39. The van der Waals surface area contributed by atoms with Gasteiger partial charge in [-0.2, -0.15) is 0 Å². The van der Waals surface area contributed by atoms with E-state index in [1.807, 2.05) is 0 Å². The van der Waals surface area contributed by atoms with Crippen LogP contribution in [0, 0.1) is 0 Å². The molecule has 1 aromatic rings. The van der Waals surface area contributed by atoms with Crippen molar-refractivity contribution in [3.05, 3.63) is 53.1 Å². The average Bonchev–Trinajstić information content (AvgIpc) is 3.76. The molecule has 0 saturated carbocycles. The minimum absolute atomic E-state index is 0.0367. The summed E-state index contributed by atoms with van der Waals surface area (Å²) in [6.07, 6.45) is -3.08. The predicted molar refractivity (Wildman–Crippen MR) is 157 cm³/mol. The molecule has 1 aromatic carbocycles. The number of amides is 2. The Balaban J connectivity index is 1.23. The number of fused-ring (bicyclic) bond motifs is 1. The van der Waals surface area contributed by atoms with E-state index in [0.29, 0.717) is 30.5 Å². The van der Waals surface area contributed by atoms with Gasteiger partial charge in [0.2, 0.25) is 11.8 Å². The summed E-state index contributed by atoms with van der Waals surface area (Å²) in [5.74, 6) is -1.34. The molecule has 0 unspecified atom stereocenters. The van der Waals surface area contributed by atoms with Crippen LogP contribution in [0.15, 0.2) is 42.0 Å². The molecule has 0 bridgehead atoms. The highest BCUT2D eigenvalue weighted by Gasteiger charge is 2.45. The van der Waals surface area contributed by atoms with Gasteiger partial charge in [0.25, 0.3) is 0 Å². The number of hydrogen-bond donors (Lipinski definition) is 6. The highest BCUT2D eigenvalue weighted by atomic mass is 16.7. The minimum atomic E-state index is -1.57. The van der Waals surface area contributed by atoms with Crippen molar-refractivity contribution in [2.24, 2.45) is 0 Å². The first-order valence-corrected chi connectivity index (χ1v) is 15.3. The van der Waals surface area contributed by atoms with Crippen molar-refractivity contribution in [2.45, 2.75) is 74.3 Å². The molecule has 4 aliphatic rings. The average molecular weight is 649 g/mol. The van der Waals surface area contributed by atoms with E-state index in [2.05, 4.69) is 5.32 Å². The van der Waals surface area contributed by atoms with E-state index < -0.39 is 67.6 Å². The highest BCUT2D eigenvalue weighted by Crippen LogP contribution is 2.33. The molecular weight excluding hydrogens is 608 g/mol. The van der Waals surface area contributed by atoms with Crippen LogP contribution in [-0.2, 0) is 33.3 Å². The number of ether oxygens (including phenoxy) is 5. The summed E-state index contributed by atoms with van der Waals surface area (Å²) in [7, 11) is 0. The normalized spacial score (nSPS) is 32.7. The van der Waals surface area contributed by atoms with Gasteiger partial charge in [0.15, 0.2) is 6.29 Å². The molecule has 5 rings (SSSR count). The van der Waals surface area contributed by atoms with E-state index in [1.54, 1.807) is 42.5 Å². The Hall–Kier alpha value is -3.25. The van der Waals surface area contributed by atoms with Crippen molar-refractivity contribution in [3.63, 3.8) is 0 Å². The molecule has 9 atom stereocenters. The molecule has 3 heterocycles. The van der Waals surface area contributed by atoms with Gasteiger partial charge < -0.3 is 59.4 Å². The fraction of sp³-hybridized carbons (Fsp3) is 0.581. The Labute approximate surface area is 264 Å². The van der Waals surface area contributed by atoms with Crippen molar-refractivity contribution in [1.29, 1.82) is 0 Å². The molecule has 15 nitrogen and oxygen atoms in total. The summed E-state index contributed by atoms with van der Waals surface area (Å²) >= 11 is 0. The molecule has 0 radical (unpaired) electrons. The summed E-state index contributed by atoms with van der Waals surface area (Å²) in [6.45, 7) is -0.443. The maximum absolute atomic E-state index is 13.6. The number of rotatable bonds is 11. The van der Waals surface area contributed by atoms with Crippen LogP contribution in [0.4, 0.5) is 0 Å². The van der Waals surface area contributed by atoms with Crippen molar-refractivity contribution >= 4 is 23.9 Å². The van der Waals surface area contributed by atoms with Crippen LogP contribution in [0.25, 0.3) is 6.08 Å². The van der Waals surface area contributed by atoms with Crippen LogP contribution in [0.5, 0.6) is 0 Å². The number of carbonyl (C=O) groups is 3. The topological polar surface area (TPSA) is 214 Å². The van der Waals surface area contributed by atoms with Crippen molar-refractivity contribution in [3.8, 4) is 0 Å². The number of carbonyl (C=O) groups excluding carboxylic acids is 3. The quantitative estimate of drug-likeness (QED) is 0.147. The van der Waals surface area contributed by atoms with E-state index in [9.17, 15) is 34.8 Å². The molecular formula is C31H40N2O13. The number of aliphatic hydroxyl groups is 5. The third-order valence-electron chi connectivity index (χ3n) is 8.44. The summed E-state index contributed by atoms with van der Waals surface area (Å²) in [5.41, 5.74) is 1.07. The molecule has 0 spiro atoms. The summed E-state index contributed by atoms with van der Waals surface area (Å²) < 4.78 is 28.1. The highest BCUT2D eigenvalue weighted by molar-refractivity contribution is 5.98. The Kier molecular flexibility index (Phi) is 11.5. The molecule has 3 fully saturated rings. The number of benzene rings is 1. The number of nitrogens with zero attached hydrogens (tertiary/aromatic N) is 1. The fourth-order valence-corrected chi connectivity index (χ4v) is 6.04. The zero-order chi connectivity index (χ0) is 32.8. The number of likely N-dealkylation sites (tertiary alicyclic amines) is 1. The Morgan fingerprint density at radius 3 is 2.65 bits per heavy atom. The molecule has 252 valence electrons. The standard InChI is InChI=1S/C31H40N2O13/c34-11-9-32-28(39)20-8-3-10-33(20)29(40)18-13-21-27(44-16-43-21)22(14-18)45-30(41)19-7-2-1-5-17(19)6-4-12-42-31-26(38)25(37)24(36)23(15-35)46-31/h1-2,4-7,13,20-27,31,34-38H,3,8-12,14-16H2,(H,32,39)/t20-,21-,22-,23-,24+,25+,26-,27-,31+/m1/s1. The van der Waals surface area contributed by atoms with Gasteiger partial charge in [-0.3, -0.25) is 9.59 Å².